The molecule has 0 amide bonds. The number of aromatic nitrogens is 4. The summed E-state index contributed by atoms with van der Waals surface area (Å²) in [6.07, 6.45) is 0. The van der Waals surface area contributed by atoms with Crippen LogP contribution >= 0.6 is 0 Å². The zero-order valence-corrected chi connectivity index (χ0v) is 14.1. The fourth-order valence-corrected chi connectivity index (χ4v) is 2.67. The van der Waals surface area contributed by atoms with Crippen molar-refractivity contribution in [1.82, 2.24) is 20.2 Å². The number of aryl methyl sites for hydroxylation is 1. The van der Waals surface area contributed by atoms with Crippen molar-refractivity contribution < 1.29 is 13.6 Å². The summed E-state index contributed by atoms with van der Waals surface area (Å²) in [6.45, 7) is 1.82. The standard InChI is InChI=1S/C19H13F2N5O/c1-10-9-15(26-25-10)23-18-16-13(21)3-2-4-14(16)22-19(24-18)17(27)11-5-7-12(20)8-6-11/h2-9H,1H3,(H2,22,23,24,25,26). The van der Waals surface area contributed by atoms with Crippen LogP contribution in [0.4, 0.5) is 20.4 Å². The number of fused-ring (bicyclic) bond motifs is 1. The summed E-state index contributed by atoms with van der Waals surface area (Å²) in [5, 5.41) is 9.88. The molecule has 8 heteroatoms. The SMILES string of the molecule is Cc1cc(Nc2nc(C(=O)c3ccc(F)cc3)nc3cccc(F)c23)n[nH]1. The van der Waals surface area contributed by atoms with Gasteiger partial charge in [-0.1, -0.05) is 6.07 Å². The van der Waals surface area contributed by atoms with E-state index in [1.807, 2.05) is 6.92 Å². The van der Waals surface area contributed by atoms with Crippen LogP contribution in [0.15, 0.2) is 48.5 Å². The van der Waals surface area contributed by atoms with Gasteiger partial charge < -0.3 is 5.32 Å². The zero-order chi connectivity index (χ0) is 19.0. The summed E-state index contributed by atoms with van der Waals surface area (Å²) in [6, 6.07) is 11.1. The van der Waals surface area contributed by atoms with E-state index in [9.17, 15) is 13.6 Å². The third-order valence-electron chi connectivity index (χ3n) is 3.93. The molecule has 0 spiro atoms. The first-order valence-corrected chi connectivity index (χ1v) is 8.07. The Morgan fingerprint density at radius 2 is 1.85 bits per heavy atom. The predicted molar refractivity (Wildman–Crippen MR) is 95.9 cm³/mol. The molecule has 2 aromatic carbocycles. The van der Waals surface area contributed by atoms with Gasteiger partial charge in [-0.25, -0.2) is 18.7 Å². The second kappa shape index (κ2) is 6.56. The number of benzene rings is 2. The molecule has 6 nitrogen and oxygen atoms in total. The lowest BCUT2D eigenvalue weighted by Gasteiger charge is -2.09. The van der Waals surface area contributed by atoms with Gasteiger partial charge in [0.15, 0.2) is 5.82 Å². The van der Waals surface area contributed by atoms with Gasteiger partial charge in [0.2, 0.25) is 11.6 Å². The molecule has 0 bridgehead atoms. The molecule has 0 saturated carbocycles. The molecule has 0 aliphatic carbocycles. The lowest BCUT2D eigenvalue weighted by Crippen LogP contribution is -2.10. The van der Waals surface area contributed by atoms with Gasteiger partial charge in [0.05, 0.1) is 10.9 Å². The summed E-state index contributed by atoms with van der Waals surface area (Å²) in [4.78, 5) is 21.1. The van der Waals surface area contributed by atoms with Gasteiger partial charge in [0, 0.05) is 17.3 Å². The Labute approximate surface area is 152 Å². The number of aromatic amines is 1. The average Bonchev–Trinajstić information content (AvgIpc) is 3.06. The fraction of sp³-hybridized carbons (Fsp3) is 0.0526. The number of anilines is 2. The summed E-state index contributed by atoms with van der Waals surface area (Å²) < 4.78 is 27.5. The third kappa shape index (κ3) is 3.24. The van der Waals surface area contributed by atoms with Crippen LogP contribution in [0.5, 0.6) is 0 Å². The largest absolute Gasteiger partial charge is 0.323 e. The van der Waals surface area contributed by atoms with E-state index in [2.05, 4.69) is 25.5 Å². The Morgan fingerprint density at radius 3 is 2.56 bits per heavy atom. The maximum Gasteiger partial charge on any atom is 0.230 e. The number of hydrogen-bond donors (Lipinski definition) is 2. The monoisotopic (exact) mass is 365 g/mol. The van der Waals surface area contributed by atoms with E-state index in [4.69, 9.17) is 0 Å². The molecular weight excluding hydrogens is 352 g/mol. The highest BCUT2D eigenvalue weighted by atomic mass is 19.1. The lowest BCUT2D eigenvalue weighted by molar-refractivity contribution is 0.103. The van der Waals surface area contributed by atoms with Crippen LogP contribution < -0.4 is 5.32 Å². The molecule has 0 unspecified atom stereocenters. The van der Waals surface area contributed by atoms with Gasteiger partial charge in [-0.15, -0.1) is 0 Å². The molecule has 4 aromatic rings. The second-order valence-corrected chi connectivity index (χ2v) is 5.93. The van der Waals surface area contributed by atoms with Crippen molar-refractivity contribution in [3.8, 4) is 0 Å². The molecule has 2 aromatic heterocycles. The Bertz CT molecular complexity index is 1150. The highest BCUT2D eigenvalue weighted by molar-refractivity contribution is 6.08. The van der Waals surface area contributed by atoms with E-state index in [1.165, 1.54) is 36.4 Å². The van der Waals surface area contributed by atoms with Crippen molar-refractivity contribution in [2.75, 3.05) is 5.32 Å². The van der Waals surface area contributed by atoms with Crippen LogP contribution in [0.2, 0.25) is 0 Å². The Hall–Kier alpha value is -3.68. The summed E-state index contributed by atoms with van der Waals surface area (Å²) in [7, 11) is 0. The number of halogens is 2. The van der Waals surface area contributed by atoms with Crippen LogP contribution in [-0.4, -0.2) is 25.9 Å². The smallest absolute Gasteiger partial charge is 0.230 e. The van der Waals surface area contributed by atoms with E-state index in [1.54, 1.807) is 12.1 Å². The van der Waals surface area contributed by atoms with Crippen LogP contribution in [0.25, 0.3) is 10.9 Å². The summed E-state index contributed by atoms with van der Waals surface area (Å²) in [5.74, 6) is -1.06. The number of nitrogens with one attached hydrogen (secondary N) is 2. The van der Waals surface area contributed by atoms with Crippen molar-refractivity contribution in [1.29, 1.82) is 0 Å². The quantitative estimate of drug-likeness (QED) is 0.536. The number of hydrogen-bond acceptors (Lipinski definition) is 5. The summed E-state index contributed by atoms with van der Waals surface area (Å²) in [5.41, 5.74) is 1.30. The lowest BCUT2D eigenvalue weighted by atomic mass is 10.1. The van der Waals surface area contributed by atoms with Crippen molar-refractivity contribution in [3.63, 3.8) is 0 Å². The van der Waals surface area contributed by atoms with Crippen LogP contribution in [0.3, 0.4) is 0 Å². The molecule has 0 aliphatic heterocycles. The minimum absolute atomic E-state index is 0.120. The highest BCUT2D eigenvalue weighted by Crippen LogP contribution is 2.26. The molecule has 0 radical (unpaired) electrons. The molecule has 0 fully saturated rings. The first-order chi connectivity index (χ1) is 13.0. The van der Waals surface area contributed by atoms with Crippen molar-refractivity contribution >= 4 is 28.3 Å². The Morgan fingerprint density at radius 1 is 1.07 bits per heavy atom. The van der Waals surface area contributed by atoms with E-state index in [0.717, 1.165) is 5.69 Å². The van der Waals surface area contributed by atoms with Crippen molar-refractivity contribution in [2.24, 2.45) is 0 Å². The van der Waals surface area contributed by atoms with Gasteiger partial charge in [-0.05, 0) is 43.3 Å². The minimum Gasteiger partial charge on any atom is -0.323 e. The van der Waals surface area contributed by atoms with E-state index in [-0.39, 0.29) is 28.1 Å². The van der Waals surface area contributed by atoms with E-state index >= 15 is 0 Å². The second-order valence-electron chi connectivity index (χ2n) is 5.93. The van der Waals surface area contributed by atoms with Gasteiger partial charge in [0.25, 0.3) is 0 Å². The molecule has 0 saturated heterocycles. The molecular formula is C19H13F2N5O. The van der Waals surface area contributed by atoms with E-state index in [0.29, 0.717) is 5.82 Å². The van der Waals surface area contributed by atoms with Gasteiger partial charge >= 0.3 is 0 Å². The molecule has 0 aliphatic rings. The van der Waals surface area contributed by atoms with Crippen LogP contribution in [0.1, 0.15) is 21.9 Å². The number of H-pyrrole nitrogens is 1. The first kappa shape index (κ1) is 16.8. The Balaban J connectivity index is 1.84. The highest BCUT2D eigenvalue weighted by Gasteiger charge is 2.18. The molecule has 2 heterocycles. The maximum absolute atomic E-state index is 14.4. The number of carbonyl (C=O) groups excluding carboxylic acids is 1. The predicted octanol–water partition coefficient (Wildman–Crippen LogP) is 3.91. The zero-order valence-electron chi connectivity index (χ0n) is 14.1. The molecule has 0 atom stereocenters. The molecule has 4 rings (SSSR count). The van der Waals surface area contributed by atoms with Crippen LogP contribution in [-0.2, 0) is 0 Å². The normalized spacial score (nSPS) is 10.9. The van der Waals surface area contributed by atoms with Crippen molar-refractivity contribution in [3.05, 3.63) is 77.2 Å². The number of carbonyl (C=O) groups is 1. The number of ketones is 1. The topological polar surface area (TPSA) is 83.6 Å². The van der Waals surface area contributed by atoms with Gasteiger partial charge in [0.1, 0.15) is 17.5 Å². The molecule has 134 valence electrons. The number of nitrogens with zero attached hydrogens (tertiary/aromatic N) is 3. The van der Waals surface area contributed by atoms with Gasteiger partial charge in [-0.3, -0.25) is 9.89 Å². The first-order valence-electron chi connectivity index (χ1n) is 8.07. The van der Waals surface area contributed by atoms with Gasteiger partial charge in [-0.2, -0.15) is 5.10 Å². The minimum atomic E-state index is -0.525. The Kier molecular flexibility index (Phi) is 4.08. The van der Waals surface area contributed by atoms with Crippen molar-refractivity contribution in [2.45, 2.75) is 6.92 Å². The number of rotatable bonds is 4. The molecule has 27 heavy (non-hydrogen) atoms. The summed E-state index contributed by atoms with van der Waals surface area (Å²) >= 11 is 0. The van der Waals surface area contributed by atoms with Crippen LogP contribution in [0, 0.1) is 18.6 Å². The van der Waals surface area contributed by atoms with E-state index < -0.39 is 17.4 Å². The maximum atomic E-state index is 14.4. The average molecular weight is 365 g/mol. The third-order valence-corrected chi connectivity index (χ3v) is 3.93. The molecule has 2 N–H and O–H groups in total. The fourth-order valence-electron chi connectivity index (χ4n) is 2.67.